The number of nitrogens with one attached hydrogen (secondary N) is 2. The van der Waals surface area contributed by atoms with Crippen molar-refractivity contribution in [1.82, 2.24) is 14.9 Å². The predicted octanol–water partition coefficient (Wildman–Crippen LogP) is 5.91. The molecule has 0 saturated carbocycles. The lowest BCUT2D eigenvalue weighted by molar-refractivity contribution is 0.0946. The molecular formula is C31H30N4O3. The number of carbonyl (C=O) groups is 1. The van der Waals surface area contributed by atoms with Crippen molar-refractivity contribution in [2.24, 2.45) is 7.05 Å². The number of aromatic nitrogens is 2. The monoisotopic (exact) mass is 506 g/mol. The van der Waals surface area contributed by atoms with E-state index in [-0.39, 0.29) is 17.4 Å². The summed E-state index contributed by atoms with van der Waals surface area (Å²) in [5.74, 6) is 0.287. The van der Waals surface area contributed by atoms with Crippen molar-refractivity contribution in [2.75, 3.05) is 5.32 Å². The van der Waals surface area contributed by atoms with Gasteiger partial charge in [0.15, 0.2) is 11.1 Å². The van der Waals surface area contributed by atoms with Crippen LogP contribution >= 0.6 is 0 Å². The van der Waals surface area contributed by atoms with Crippen LogP contribution in [0.4, 0.5) is 5.69 Å². The fourth-order valence-corrected chi connectivity index (χ4v) is 4.70. The number of anilines is 1. The van der Waals surface area contributed by atoms with E-state index in [1.165, 1.54) is 0 Å². The average Bonchev–Trinajstić information content (AvgIpc) is 3.35. The van der Waals surface area contributed by atoms with Crippen molar-refractivity contribution < 1.29 is 9.21 Å². The van der Waals surface area contributed by atoms with Gasteiger partial charge in [0.2, 0.25) is 0 Å². The van der Waals surface area contributed by atoms with E-state index in [0.29, 0.717) is 40.2 Å². The first kappa shape index (κ1) is 25.0. The van der Waals surface area contributed by atoms with Crippen LogP contribution in [0, 0.1) is 13.8 Å². The van der Waals surface area contributed by atoms with Crippen molar-refractivity contribution >= 4 is 22.6 Å². The highest BCUT2D eigenvalue weighted by molar-refractivity contribution is 5.97. The second-order valence-electron chi connectivity index (χ2n) is 9.62. The van der Waals surface area contributed by atoms with E-state index in [9.17, 15) is 9.59 Å². The summed E-state index contributed by atoms with van der Waals surface area (Å²) in [5.41, 5.74) is 5.58. The fourth-order valence-electron chi connectivity index (χ4n) is 4.70. The van der Waals surface area contributed by atoms with Crippen LogP contribution in [0.3, 0.4) is 0 Å². The van der Waals surface area contributed by atoms with Crippen LogP contribution < -0.4 is 16.1 Å². The zero-order valence-electron chi connectivity index (χ0n) is 21.9. The molecular weight excluding hydrogens is 476 g/mol. The largest absolute Gasteiger partial charge is 0.455 e. The average molecular weight is 507 g/mol. The number of aryl methyl sites for hydroxylation is 2. The zero-order valence-corrected chi connectivity index (χ0v) is 21.9. The highest BCUT2D eigenvalue weighted by atomic mass is 16.3. The smallest absolute Gasteiger partial charge is 0.272 e. The lowest BCUT2D eigenvalue weighted by Crippen LogP contribution is -2.25. The lowest BCUT2D eigenvalue weighted by atomic mass is 9.98. The number of benzene rings is 2. The Morgan fingerprint density at radius 1 is 1.08 bits per heavy atom. The van der Waals surface area contributed by atoms with E-state index in [1.807, 2.05) is 92.5 Å². The van der Waals surface area contributed by atoms with Gasteiger partial charge < -0.3 is 19.6 Å². The van der Waals surface area contributed by atoms with Crippen LogP contribution in [0.1, 0.15) is 45.7 Å². The van der Waals surface area contributed by atoms with Gasteiger partial charge in [-0.05, 0) is 56.2 Å². The number of carbonyl (C=O) groups excluding carboxylic acids is 1. The van der Waals surface area contributed by atoms with Crippen molar-refractivity contribution in [1.29, 1.82) is 0 Å². The number of hydrogen-bond donors (Lipinski definition) is 2. The van der Waals surface area contributed by atoms with Gasteiger partial charge in [0.05, 0.1) is 17.1 Å². The van der Waals surface area contributed by atoms with E-state index in [2.05, 4.69) is 15.6 Å². The van der Waals surface area contributed by atoms with Gasteiger partial charge in [0.1, 0.15) is 11.3 Å². The van der Waals surface area contributed by atoms with Crippen LogP contribution in [0.15, 0.2) is 88.5 Å². The molecule has 192 valence electrons. The summed E-state index contributed by atoms with van der Waals surface area (Å²) in [7, 11) is 1.94. The van der Waals surface area contributed by atoms with Gasteiger partial charge in [-0.3, -0.25) is 9.59 Å². The molecule has 2 N–H and O–H groups in total. The molecule has 3 aromatic heterocycles. The molecule has 1 unspecified atom stereocenters. The second-order valence-corrected chi connectivity index (χ2v) is 9.62. The highest BCUT2D eigenvalue weighted by Crippen LogP contribution is 2.32. The molecule has 0 radical (unpaired) electrons. The minimum absolute atomic E-state index is 0.0513. The Hall–Kier alpha value is -4.65. The first-order valence-electron chi connectivity index (χ1n) is 12.6. The first-order chi connectivity index (χ1) is 18.3. The van der Waals surface area contributed by atoms with Crippen molar-refractivity contribution in [3.63, 3.8) is 0 Å². The molecule has 38 heavy (non-hydrogen) atoms. The molecule has 0 aliphatic heterocycles. The summed E-state index contributed by atoms with van der Waals surface area (Å²) in [5, 5.41) is 6.92. The Kier molecular flexibility index (Phi) is 6.83. The quantitative estimate of drug-likeness (QED) is 0.286. The molecule has 0 fully saturated rings. The molecule has 0 aliphatic rings. The van der Waals surface area contributed by atoms with Crippen molar-refractivity contribution in [2.45, 2.75) is 33.4 Å². The molecule has 0 saturated heterocycles. The fraction of sp³-hybridized carbons (Fsp3) is 0.194. The van der Waals surface area contributed by atoms with Crippen LogP contribution in [-0.4, -0.2) is 15.5 Å². The molecule has 0 spiro atoms. The summed E-state index contributed by atoms with van der Waals surface area (Å²) < 4.78 is 8.37. The van der Waals surface area contributed by atoms with E-state index in [4.69, 9.17) is 4.42 Å². The lowest BCUT2D eigenvalue weighted by Gasteiger charge is -2.20. The maximum Gasteiger partial charge on any atom is 0.272 e. The number of fused-ring (bicyclic) bond motifs is 1. The number of hydrogen-bond acceptors (Lipinski definition) is 5. The van der Waals surface area contributed by atoms with Gasteiger partial charge in [0, 0.05) is 48.9 Å². The molecule has 7 nitrogen and oxygen atoms in total. The van der Waals surface area contributed by atoms with Gasteiger partial charge in [-0.25, -0.2) is 4.98 Å². The van der Waals surface area contributed by atoms with Crippen molar-refractivity contribution in [3.05, 3.63) is 117 Å². The van der Waals surface area contributed by atoms with Gasteiger partial charge in [-0.15, -0.1) is 0 Å². The number of rotatable bonds is 7. The van der Waals surface area contributed by atoms with Gasteiger partial charge in [-0.1, -0.05) is 36.4 Å². The standard InChI is InChI=1S/C31H30N4O3/c1-19-15-24(30-25(16-19)28(36)20(2)29(38-30)23-9-6-5-7-10-23)21(3)34-26-11-8-13-32-27(26)31(37)33-17-22-12-14-35(4)18-22/h5-16,18,21,34H,17H2,1-4H3,(H,33,37). The van der Waals surface area contributed by atoms with E-state index in [1.54, 1.807) is 19.2 Å². The molecule has 1 atom stereocenters. The molecule has 5 rings (SSSR count). The molecule has 3 heterocycles. The topological polar surface area (TPSA) is 89.2 Å². The number of nitrogens with zero attached hydrogens (tertiary/aromatic N) is 2. The zero-order chi connectivity index (χ0) is 26.8. The van der Waals surface area contributed by atoms with Gasteiger partial charge in [0.25, 0.3) is 5.91 Å². The summed E-state index contributed by atoms with van der Waals surface area (Å²) in [4.78, 5) is 30.8. The Bertz CT molecular complexity index is 1690. The third kappa shape index (κ3) is 4.95. The van der Waals surface area contributed by atoms with Crippen LogP contribution in [0.25, 0.3) is 22.3 Å². The summed E-state index contributed by atoms with van der Waals surface area (Å²) in [6, 6.07) is 18.8. The highest BCUT2D eigenvalue weighted by Gasteiger charge is 2.21. The number of pyridine rings is 1. The second kappa shape index (κ2) is 10.4. The Labute approximate surface area is 221 Å². The molecule has 2 aromatic carbocycles. The van der Waals surface area contributed by atoms with E-state index >= 15 is 0 Å². The first-order valence-corrected chi connectivity index (χ1v) is 12.6. The molecule has 5 aromatic rings. The van der Waals surface area contributed by atoms with Crippen LogP contribution in [0.2, 0.25) is 0 Å². The maximum absolute atomic E-state index is 13.4. The minimum atomic E-state index is -0.281. The predicted molar refractivity (Wildman–Crippen MR) is 150 cm³/mol. The molecule has 7 heteroatoms. The third-order valence-electron chi connectivity index (χ3n) is 6.64. The van der Waals surface area contributed by atoms with Crippen LogP contribution in [0.5, 0.6) is 0 Å². The van der Waals surface area contributed by atoms with Gasteiger partial charge in [-0.2, -0.15) is 0 Å². The van der Waals surface area contributed by atoms with E-state index < -0.39 is 0 Å². The third-order valence-corrected chi connectivity index (χ3v) is 6.64. The summed E-state index contributed by atoms with van der Waals surface area (Å²) in [6.07, 6.45) is 5.50. The minimum Gasteiger partial charge on any atom is -0.455 e. The molecule has 0 bridgehead atoms. The molecule has 1 amide bonds. The summed E-state index contributed by atoms with van der Waals surface area (Å²) >= 11 is 0. The SMILES string of the molecule is Cc1cc(C(C)Nc2cccnc2C(=O)NCc2ccn(C)c2)c2oc(-c3ccccc3)c(C)c(=O)c2c1. The maximum atomic E-state index is 13.4. The van der Waals surface area contributed by atoms with Gasteiger partial charge >= 0.3 is 0 Å². The van der Waals surface area contributed by atoms with Crippen molar-refractivity contribution in [3.8, 4) is 11.3 Å². The number of amides is 1. The van der Waals surface area contributed by atoms with E-state index in [0.717, 1.165) is 22.3 Å². The Balaban J connectivity index is 1.49. The molecule has 0 aliphatic carbocycles. The van der Waals surface area contributed by atoms with Crippen LogP contribution in [-0.2, 0) is 13.6 Å². The normalized spacial score (nSPS) is 11.9. The summed E-state index contributed by atoms with van der Waals surface area (Å²) in [6.45, 7) is 6.14. The Morgan fingerprint density at radius 2 is 1.87 bits per heavy atom. The Morgan fingerprint density at radius 3 is 2.61 bits per heavy atom.